The van der Waals surface area contributed by atoms with Gasteiger partial charge in [-0.15, -0.1) is 0 Å². The zero-order valence-electron chi connectivity index (χ0n) is 12.5. The van der Waals surface area contributed by atoms with Crippen molar-refractivity contribution in [2.24, 2.45) is 0 Å². The summed E-state index contributed by atoms with van der Waals surface area (Å²) in [7, 11) is 1.81. The molecule has 2 aromatic rings. The minimum absolute atomic E-state index is 0.291. The van der Waals surface area contributed by atoms with E-state index in [1.165, 1.54) is 27.8 Å². The number of fused-ring (bicyclic) bond motifs is 1. The van der Waals surface area contributed by atoms with E-state index in [1.807, 2.05) is 7.11 Å². The van der Waals surface area contributed by atoms with E-state index in [1.54, 1.807) is 0 Å². The van der Waals surface area contributed by atoms with Gasteiger partial charge < -0.3 is 4.74 Å². The average Bonchev–Trinajstić information content (AvgIpc) is 2.89. The highest BCUT2D eigenvalue weighted by molar-refractivity contribution is 5.69. The van der Waals surface area contributed by atoms with E-state index in [-0.39, 0.29) is 0 Å². The van der Waals surface area contributed by atoms with Gasteiger partial charge in [-0.1, -0.05) is 56.3 Å². The maximum atomic E-state index is 5.55. The number of hydrogen-bond donors (Lipinski definition) is 0. The predicted molar refractivity (Wildman–Crippen MR) is 84.0 cm³/mol. The first-order valence-corrected chi connectivity index (χ1v) is 7.45. The maximum Gasteiger partial charge on any atom is 0.0827 e. The molecule has 0 amide bonds. The fraction of sp³-hybridized carbons (Fsp3) is 0.368. The second-order valence-corrected chi connectivity index (χ2v) is 5.92. The molecule has 1 heteroatoms. The van der Waals surface area contributed by atoms with Crippen LogP contribution in [0.1, 0.15) is 49.0 Å². The molecule has 20 heavy (non-hydrogen) atoms. The van der Waals surface area contributed by atoms with Crippen LogP contribution in [0.3, 0.4) is 0 Å². The third-order valence-corrected chi connectivity index (χ3v) is 4.34. The van der Waals surface area contributed by atoms with Crippen LogP contribution in [-0.4, -0.2) is 7.11 Å². The molecule has 0 spiro atoms. The van der Waals surface area contributed by atoms with Gasteiger partial charge in [0.15, 0.2) is 0 Å². The van der Waals surface area contributed by atoms with Crippen LogP contribution in [0, 0.1) is 0 Å². The van der Waals surface area contributed by atoms with Crippen molar-refractivity contribution in [1.29, 1.82) is 0 Å². The van der Waals surface area contributed by atoms with Gasteiger partial charge in [0.2, 0.25) is 0 Å². The molecule has 0 unspecified atom stereocenters. The van der Waals surface area contributed by atoms with Crippen molar-refractivity contribution in [2.45, 2.75) is 38.7 Å². The summed E-state index contributed by atoms with van der Waals surface area (Å²) < 4.78 is 5.55. The first kappa shape index (κ1) is 13.4. The van der Waals surface area contributed by atoms with Gasteiger partial charge >= 0.3 is 0 Å². The monoisotopic (exact) mass is 266 g/mol. The predicted octanol–water partition coefficient (Wildman–Crippen LogP) is 5.11. The third-order valence-electron chi connectivity index (χ3n) is 4.34. The summed E-state index contributed by atoms with van der Waals surface area (Å²) in [5.41, 5.74) is 6.95. The molecule has 0 bridgehead atoms. The van der Waals surface area contributed by atoms with E-state index in [2.05, 4.69) is 56.3 Å². The SMILES string of the molecule is CO[C@H]1CCc2cc(-c3ccccc3C(C)C)ccc21. The van der Waals surface area contributed by atoms with Gasteiger partial charge in [-0.2, -0.15) is 0 Å². The van der Waals surface area contributed by atoms with Crippen molar-refractivity contribution < 1.29 is 4.74 Å². The van der Waals surface area contributed by atoms with E-state index in [9.17, 15) is 0 Å². The van der Waals surface area contributed by atoms with Crippen molar-refractivity contribution in [2.75, 3.05) is 7.11 Å². The van der Waals surface area contributed by atoms with Gasteiger partial charge in [-0.05, 0) is 46.6 Å². The second-order valence-electron chi connectivity index (χ2n) is 5.92. The van der Waals surface area contributed by atoms with Gasteiger partial charge in [0.25, 0.3) is 0 Å². The summed E-state index contributed by atoms with van der Waals surface area (Å²) in [6.07, 6.45) is 2.53. The number of hydrogen-bond acceptors (Lipinski definition) is 1. The highest BCUT2D eigenvalue weighted by Crippen LogP contribution is 2.37. The standard InChI is InChI=1S/C19H22O/c1-13(2)16-6-4-5-7-17(16)14-8-10-18-15(12-14)9-11-19(18)20-3/h4-8,10,12-13,19H,9,11H2,1-3H3/t19-/m0/s1. The fourth-order valence-electron chi connectivity index (χ4n) is 3.25. The van der Waals surface area contributed by atoms with Crippen LogP contribution in [0.2, 0.25) is 0 Å². The molecule has 0 fully saturated rings. The molecule has 1 aliphatic carbocycles. The number of aryl methyl sites for hydroxylation is 1. The Hall–Kier alpha value is -1.60. The quantitative estimate of drug-likeness (QED) is 0.750. The minimum atomic E-state index is 0.291. The van der Waals surface area contributed by atoms with E-state index in [0.717, 1.165) is 12.8 Å². The Morgan fingerprint density at radius 3 is 2.65 bits per heavy atom. The first-order chi connectivity index (χ1) is 9.70. The molecule has 1 aliphatic rings. The molecule has 1 nitrogen and oxygen atoms in total. The van der Waals surface area contributed by atoms with E-state index < -0.39 is 0 Å². The van der Waals surface area contributed by atoms with E-state index in [4.69, 9.17) is 4.74 Å². The molecule has 0 radical (unpaired) electrons. The summed E-state index contributed by atoms with van der Waals surface area (Å²) in [4.78, 5) is 0. The summed E-state index contributed by atoms with van der Waals surface area (Å²) in [5.74, 6) is 0.547. The lowest BCUT2D eigenvalue weighted by Crippen LogP contribution is -1.96. The van der Waals surface area contributed by atoms with E-state index in [0.29, 0.717) is 12.0 Å². The van der Waals surface area contributed by atoms with Crippen molar-refractivity contribution in [3.05, 3.63) is 59.2 Å². The molecule has 3 rings (SSSR count). The lowest BCUT2D eigenvalue weighted by atomic mass is 9.91. The normalized spacial score (nSPS) is 17.5. The Morgan fingerprint density at radius 1 is 1.10 bits per heavy atom. The average molecular weight is 266 g/mol. The summed E-state index contributed by atoms with van der Waals surface area (Å²) in [6, 6.07) is 15.6. The molecule has 0 aliphatic heterocycles. The second kappa shape index (κ2) is 5.41. The van der Waals surface area contributed by atoms with Crippen molar-refractivity contribution in [1.82, 2.24) is 0 Å². The molecule has 0 heterocycles. The highest BCUT2D eigenvalue weighted by Gasteiger charge is 2.22. The number of ether oxygens (including phenoxy) is 1. The van der Waals surface area contributed by atoms with Crippen LogP contribution < -0.4 is 0 Å². The largest absolute Gasteiger partial charge is 0.377 e. The summed E-state index contributed by atoms with van der Waals surface area (Å²) in [5, 5.41) is 0. The fourth-order valence-corrected chi connectivity index (χ4v) is 3.25. The van der Waals surface area contributed by atoms with Crippen LogP contribution in [0.15, 0.2) is 42.5 Å². The molecule has 0 saturated heterocycles. The molecule has 1 atom stereocenters. The van der Waals surface area contributed by atoms with Crippen LogP contribution in [-0.2, 0) is 11.2 Å². The molecule has 0 N–H and O–H groups in total. The van der Waals surface area contributed by atoms with Gasteiger partial charge in [0, 0.05) is 7.11 Å². The van der Waals surface area contributed by atoms with Gasteiger partial charge in [0.05, 0.1) is 6.10 Å². The highest BCUT2D eigenvalue weighted by atomic mass is 16.5. The van der Waals surface area contributed by atoms with Crippen molar-refractivity contribution >= 4 is 0 Å². The van der Waals surface area contributed by atoms with Gasteiger partial charge in [-0.25, -0.2) is 0 Å². The zero-order chi connectivity index (χ0) is 14.1. The Morgan fingerprint density at radius 2 is 1.90 bits per heavy atom. The van der Waals surface area contributed by atoms with Crippen LogP contribution in [0.25, 0.3) is 11.1 Å². The van der Waals surface area contributed by atoms with Gasteiger partial charge in [0.1, 0.15) is 0 Å². The number of benzene rings is 2. The molecular formula is C19H22O. The van der Waals surface area contributed by atoms with Crippen LogP contribution in [0.5, 0.6) is 0 Å². The summed E-state index contributed by atoms with van der Waals surface area (Å²) >= 11 is 0. The zero-order valence-corrected chi connectivity index (χ0v) is 12.5. The molecule has 104 valence electrons. The first-order valence-electron chi connectivity index (χ1n) is 7.45. The molecule has 2 aromatic carbocycles. The Bertz CT molecular complexity index is 613. The minimum Gasteiger partial charge on any atom is -0.377 e. The third kappa shape index (κ3) is 2.27. The maximum absolute atomic E-state index is 5.55. The lowest BCUT2D eigenvalue weighted by molar-refractivity contribution is 0.105. The van der Waals surface area contributed by atoms with E-state index >= 15 is 0 Å². The Labute approximate surface area is 121 Å². The number of rotatable bonds is 3. The number of methoxy groups -OCH3 is 1. The Kier molecular flexibility index (Phi) is 3.62. The van der Waals surface area contributed by atoms with Crippen molar-refractivity contribution in [3.63, 3.8) is 0 Å². The molecule has 0 saturated carbocycles. The molecule has 0 aromatic heterocycles. The summed E-state index contributed by atoms with van der Waals surface area (Å²) in [6.45, 7) is 4.51. The van der Waals surface area contributed by atoms with Crippen molar-refractivity contribution in [3.8, 4) is 11.1 Å². The lowest BCUT2D eigenvalue weighted by Gasteiger charge is -2.14. The Balaban J connectivity index is 2.05. The molecular weight excluding hydrogens is 244 g/mol. The van der Waals surface area contributed by atoms with Crippen LogP contribution in [0.4, 0.5) is 0 Å². The smallest absolute Gasteiger partial charge is 0.0827 e. The topological polar surface area (TPSA) is 9.23 Å². The van der Waals surface area contributed by atoms with Gasteiger partial charge in [-0.3, -0.25) is 0 Å². The van der Waals surface area contributed by atoms with Crippen LogP contribution >= 0.6 is 0 Å².